The fourth-order valence-corrected chi connectivity index (χ4v) is 1.57. The highest BCUT2D eigenvalue weighted by Crippen LogP contribution is 2.27. The first-order valence-corrected chi connectivity index (χ1v) is 5.69. The average Bonchev–Trinajstić information content (AvgIpc) is 2.42. The molecule has 0 heterocycles. The number of nitriles is 1. The van der Waals surface area contributed by atoms with Gasteiger partial charge < -0.3 is 4.74 Å². The van der Waals surface area contributed by atoms with Crippen molar-refractivity contribution in [2.75, 3.05) is 0 Å². The van der Waals surface area contributed by atoms with Gasteiger partial charge in [0.05, 0.1) is 11.6 Å². The Labute approximate surface area is 114 Å². The van der Waals surface area contributed by atoms with Crippen LogP contribution in [0.1, 0.15) is 22.8 Å². The number of ketones is 1. The number of carbonyl (C=O) groups excluding carboxylic acids is 1. The highest BCUT2D eigenvalue weighted by molar-refractivity contribution is 5.94. The lowest BCUT2D eigenvalue weighted by atomic mass is 10.1. The van der Waals surface area contributed by atoms with Crippen molar-refractivity contribution in [3.8, 4) is 17.6 Å². The van der Waals surface area contributed by atoms with Gasteiger partial charge in [-0.1, -0.05) is 0 Å². The molecule has 0 N–H and O–H groups in total. The van der Waals surface area contributed by atoms with Crippen molar-refractivity contribution in [1.29, 1.82) is 5.26 Å². The molecule has 0 radical (unpaired) electrons. The molecule has 5 heteroatoms. The predicted octanol–water partition coefficient (Wildman–Crippen LogP) is 3.83. The summed E-state index contributed by atoms with van der Waals surface area (Å²) >= 11 is 0. The van der Waals surface area contributed by atoms with Gasteiger partial charge in [-0.15, -0.1) is 0 Å². The van der Waals surface area contributed by atoms with Crippen LogP contribution in [0.5, 0.6) is 11.5 Å². The van der Waals surface area contributed by atoms with E-state index < -0.39 is 11.6 Å². The molecular weight excluding hydrogens is 264 g/mol. The number of carbonyl (C=O) groups is 1. The lowest BCUT2D eigenvalue weighted by Crippen LogP contribution is -1.96. The third-order valence-corrected chi connectivity index (χ3v) is 2.62. The zero-order chi connectivity index (χ0) is 14.7. The van der Waals surface area contributed by atoms with Gasteiger partial charge in [-0.3, -0.25) is 4.79 Å². The van der Waals surface area contributed by atoms with E-state index in [1.807, 2.05) is 0 Å². The second kappa shape index (κ2) is 5.49. The largest absolute Gasteiger partial charge is 0.451 e. The van der Waals surface area contributed by atoms with Crippen LogP contribution < -0.4 is 4.74 Å². The highest BCUT2D eigenvalue weighted by atomic mass is 19.1. The summed E-state index contributed by atoms with van der Waals surface area (Å²) in [6.07, 6.45) is 0. The first kappa shape index (κ1) is 13.7. The number of rotatable bonds is 3. The molecule has 0 amide bonds. The number of benzene rings is 2. The van der Waals surface area contributed by atoms with E-state index in [2.05, 4.69) is 0 Å². The fourth-order valence-electron chi connectivity index (χ4n) is 1.57. The maximum absolute atomic E-state index is 13.7. The van der Waals surface area contributed by atoms with E-state index in [0.29, 0.717) is 0 Å². The van der Waals surface area contributed by atoms with Crippen molar-refractivity contribution in [3.63, 3.8) is 0 Å². The lowest BCUT2D eigenvalue weighted by Gasteiger charge is -2.08. The molecule has 0 aliphatic heterocycles. The molecule has 0 fully saturated rings. The van der Waals surface area contributed by atoms with Crippen molar-refractivity contribution in [2.45, 2.75) is 6.92 Å². The van der Waals surface area contributed by atoms with Crippen LogP contribution in [0.4, 0.5) is 8.78 Å². The fraction of sp³-hybridized carbons (Fsp3) is 0.0667. The van der Waals surface area contributed by atoms with Gasteiger partial charge in [-0.25, -0.2) is 8.78 Å². The number of nitrogens with zero attached hydrogens (tertiary/aromatic N) is 1. The van der Waals surface area contributed by atoms with Crippen LogP contribution in [-0.2, 0) is 0 Å². The van der Waals surface area contributed by atoms with Gasteiger partial charge in [0.2, 0.25) is 0 Å². The number of halogens is 2. The Hall–Kier alpha value is -2.74. The Balaban J connectivity index is 2.31. The summed E-state index contributed by atoms with van der Waals surface area (Å²) in [5, 5.41) is 8.62. The predicted molar refractivity (Wildman–Crippen MR) is 67.6 cm³/mol. The van der Waals surface area contributed by atoms with Crippen molar-refractivity contribution < 1.29 is 18.3 Å². The molecule has 0 aliphatic carbocycles. The standard InChI is InChI=1S/C15H9F2NO2/c1-9(19)11-3-5-15(13(17)7-11)20-14-4-2-10(8-18)6-12(14)16/h2-7H,1H3. The molecule has 0 aliphatic rings. The van der Waals surface area contributed by atoms with Gasteiger partial charge in [0.25, 0.3) is 0 Å². The van der Waals surface area contributed by atoms with Crippen LogP contribution in [-0.4, -0.2) is 5.78 Å². The lowest BCUT2D eigenvalue weighted by molar-refractivity contribution is 0.101. The molecule has 2 rings (SSSR count). The van der Waals surface area contributed by atoms with Crippen LogP contribution in [0.2, 0.25) is 0 Å². The Morgan fingerprint density at radius 2 is 1.70 bits per heavy atom. The zero-order valence-electron chi connectivity index (χ0n) is 10.5. The van der Waals surface area contributed by atoms with E-state index in [-0.39, 0.29) is 28.4 Å². The number of hydrogen-bond acceptors (Lipinski definition) is 3. The summed E-state index contributed by atoms with van der Waals surface area (Å²) in [6, 6.07) is 9.06. The van der Waals surface area contributed by atoms with Crippen LogP contribution in [0.25, 0.3) is 0 Å². The molecule has 0 spiro atoms. The molecule has 3 nitrogen and oxygen atoms in total. The van der Waals surface area contributed by atoms with Crippen molar-refractivity contribution >= 4 is 5.78 Å². The Kier molecular flexibility index (Phi) is 3.76. The minimum Gasteiger partial charge on any atom is -0.451 e. The van der Waals surface area contributed by atoms with Crippen LogP contribution >= 0.6 is 0 Å². The van der Waals surface area contributed by atoms with Crippen molar-refractivity contribution in [1.82, 2.24) is 0 Å². The first-order valence-electron chi connectivity index (χ1n) is 5.69. The minimum absolute atomic E-state index is 0.141. The summed E-state index contributed by atoms with van der Waals surface area (Å²) in [4.78, 5) is 11.1. The van der Waals surface area contributed by atoms with E-state index in [0.717, 1.165) is 12.1 Å². The summed E-state index contributed by atoms with van der Waals surface area (Å²) in [5.74, 6) is -2.20. The van der Waals surface area contributed by atoms with Gasteiger partial charge in [0.15, 0.2) is 28.9 Å². The number of hydrogen-bond donors (Lipinski definition) is 0. The highest BCUT2D eigenvalue weighted by Gasteiger charge is 2.11. The summed E-state index contributed by atoms with van der Waals surface area (Å²) in [6.45, 7) is 1.32. The van der Waals surface area contributed by atoms with Gasteiger partial charge in [0.1, 0.15) is 0 Å². The second-order valence-corrected chi connectivity index (χ2v) is 4.06. The molecule has 2 aromatic rings. The van der Waals surface area contributed by atoms with Crippen molar-refractivity contribution in [2.24, 2.45) is 0 Å². The van der Waals surface area contributed by atoms with Gasteiger partial charge in [0, 0.05) is 5.56 Å². The second-order valence-electron chi connectivity index (χ2n) is 4.06. The Morgan fingerprint density at radius 1 is 1.10 bits per heavy atom. The normalized spacial score (nSPS) is 9.90. The molecular formula is C15H9F2NO2. The van der Waals surface area contributed by atoms with E-state index in [1.165, 1.54) is 31.2 Å². The Bertz CT molecular complexity index is 720. The van der Waals surface area contributed by atoms with Crippen LogP contribution in [0.3, 0.4) is 0 Å². The van der Waals surface area contributed by atoms with Crippen molar-refractivity contribution in [3.05, 3.63) is 59.2 Å². The SMILES string of the molecule is CC(=O)c1ccc(Oc2ccc(C#N)cc2F)c(F)c1. The molecule has 2 aromatic carbocycles. The maximum Gasteiger partial charge on any atom is 0.167 e. The third-order valence-electron chi connectivity index (χ3n) is 2.62. The summed E-state index contributed by atoms with van der Waals surface area (Å²) in [7, 11) is 0. The van der Waals surface area contributed by atoms with E-state index in [1.54, 1.807) is 6.07 Å². The van der Waals surface area contributed by atoms with Crippen LogP contribution in [0, 0.1) is 23.0 Å². The number of ether oxygens (including phenoxy) is 1. The quantitative estimate of drug-likeness (QED) is 0.798. The number of Topliss-reactive ketones (excluding diaryl/α,β-unsaturated/α-hetero) is 1. The van der Waals surface area contributed by atoms with Gasteiger partial charge >= 0.3 is 0 Å². The monoisotopic (exact) mass is 273 g/mol. The van der Waals surface area contributed by atoms with E-state index in [9.17, 15) is 13.6 Å². The zero-order valence-corrected chi connectivity index (χ0v) is 10.5. The molecule has 0 saturated heterocycles. The molecule has 0 unspecified atom stereocenters. The van der Waals surface area contributed by atoms with E-state index in [4.69, 9.17) is 10.00 Å². The molecule has 0 atom stereocenters. The topological polar surface area (TPSA) is 50.1 Å². The summed E-state index contributed by atoms with van der Waals surface area (Å²) < 4.78 is 32.4. The third kappa shape index (κ3) is 2.81. The molecule has 20 heavy (non-hydrogen) atoms. The minimum atomic E-state index is -0.765. The molecule has 100 valence electrons. The smallest absolute Gasteiger partial charge is 0.167 e. The van der Waals surface area contributed by atoms with Gasteiger partial charge in [-0.05, 0) is 43.3 Å². The van der Waals surface area contributed by atoms with Crippen LogP contribution in [0.15, 0.2) is 36.4 Å². The van der Waals surface area contributed by atoms with Gasteiger partial charge in [-0.2, -0.15) is 5.26 Å². The molecule has 0 saturated carbocycles. The maximum atomic E-state index is 13.7. The average molecular weight is 273 g/mol. The molecule has 0 aromatic heterocycles. The summed E-state index contributed by atoms with van der Waals surface area (Å²) in [5.41, 5.74) is 0.345. The Morgan fingerprint density at radius 3 is 2.20 bits per heavy atom. The van der Waals surface area contributed by atoms with E-state index >= 15 is 0 Å². The molecule has 0 bridgehead atoms. The first-order chi connectivity index (χ1) is 9.51.